The van der Waals surface area contributed by atoms with Crippen LogP contribution in [0.2, 0.25) is 0 Å². The normalized spacial score (nSPS) is 12.3. The molecule has 0 spiro atoms. The second kappa shape index (κ2) is 6.88. The van der Waals surface area contributed by atoms with Crippen LogP contribution in [-0.4, -0.2) is 11.9 Å². The third-order valence-electron chi connectivity index (χ3n) is 2.62. The predicted molar refractivity (Wildman–Crippen MR) is 78.9 cm³/mol. The van der Waals surface area contributed by atoms with Gasteiger partial charge in [-0.15, -0.1) is 11.3 Å². The molecule has 0 saturated carbocycles. The van der Waals surface area contributed by atoms with Crippen LogP contribution in [0.4, 0.5) is 0 Å². The summed E-state index contributed by atoms with van der Waals surface area (Å²) in [6, 6.07) is 7.44. The van der Waals surface area contributed by atoms with Crippen molar-refractivity contribution in [2.75, 3.05) is 0 Å². The van der Waals surface area contributed by atoms with Crippen molar-refractivity contribution in [2.24, 2.45) is 0 Å². The third kappa shape index (κ3) is 4.49. The number of carbonyl (C=O) groups excluding carboxylic acids is 1. The Kier molecular flexibility index (Phi) is 5.18. The zero-order chi connectivity index (χ0) is 13.7. The summed E-state index contributed by atoms with van der Waals surface area (Å²) in [5.41, 5.74) is 0. The van der Waals surface area contributed by atoms with E-state index in [9.17, 15) is 4.79 Å². The van der Waals surface area contributed by atoms with Crippen LogP contribution in [0.15, 0.2) is 38.7 Å². The first kappa shape index (κ1) is 14.3. The van der Waals surface area contributed by atoms with Gasteiger partial charge in [0.25, 0.3) is 0 Å². The van der Waals surface area contributed by atoms with E-state index in [1.807, 2.05) is 25.1 Å². The van der Waals surface area contributed by atoms with Gasteiger partial charge in [-0.25, -0.2) is 0 Å². The van der Waals surface area contributed by atoms with Crippen LogP contribution >= 0.6 is 27.3 Å². The number of rotatable bonds is 6. The zero-order valence-corrected chi connectivity index (χ0v) is 12.9. The highest BCUT2D eigenvalue weighted by Crippen LogP contribution is 2.21. The Morgan fingerprint density at radius 2 is 2.26 bits per heavy atom. The molecule has 0 aliphatic carbocycles. The van der Waals surface area contributed by atoms with Crippen LogP contribution in [-0.2, 0) is 17.9 Å². The summed E-state index contributed by atoms with van der Waals surface area (Å²) < 4.78 is 6.25. The van der Waals surface area contributed by atoms with Gasteiger partial charge in [0.05, 0.1) is 22.6 Å². The van der Waals surface area contributed by atoms with Crippen LogP contribution in [0.1, 0.15) is 17.6 Å². The number of halogens is 1. The van der Waals surface area contributed by atoms with Crippen LogP contribution in [0, 0.1) is 0 Å². The number of hydrogen-bond acceptors (Lipinski definition) is 4. The molecular weight excluding hydrogens is 328 g/mol. The number of carbonyl (C=O) groups is 1. The molecule has 2 N–H and O–H groups in total. The van der Waals surface area contributed by atoms with Crippen molar-refractivity contribution >= 4 is 33.2 Å². The lowest BCUT2D eigenvalue weighted by Gasteiger charge is -2.12. The SMILES string of the molecule is CC(NCc1ccc(Br)s1)C(=O)NCc1ccco1. The molecule has 102 valence electrons. The lowest BCUT2D eigenvalue weighted by Crippen LogP contribution is -2.41. The highest BCUT2D eigenvalue weighted by atomic mass is 79.9. The van der Waals surface area contributed by atoms with Gasteiger partial charge in [-0.1, -0.05) is 0 Å². The Morgan fingerprint density at radius 1 is 1.42 bits per heavy atom. The largest absolute Gasteiger partial charge is 0.467 e. The minimum absolute atomic E-state index is 0.0352. The lowest BCUT2D eigenvalue weighted by atomic mass is 10.3. The predicted octanol–water partition coefficient (Wildman–Crippen LogP) is 2.90. The fourth-order valence-corrected chi connectivity index (χ4v) is 2.97. The molecule has 0 aliphatic rings. The van der Waals surface area contributed by atoms with Gasteiger partial charge in [0.15, 0.2) is 0 Å². The first-order valence-electron chi connectivity index (χ1n) is 5.93. The molecule has 0 fully saturated rings. The Bertz CT molecular complexity index is 524. The Balaban J connectivity index is 1.73. The van der Waals surface area contributed by atoms with E-state index >= 15 is 0 Å². The van der Waals surface area contributed by atoms with Crippen molar-refractivity contribution in [3.63, 3.8) is 0 Å². The Morgan fingerprint density at radius 3 is 2.89 bits per heavy atom. The average Bonchev–Trinajstić information content (AvgIpc) is 3.04. The monoisotopic (exact) mass is 342 g/mol. The van der Waals surface area contributed by atoms with Crippen molar-refractivity contribution in [2.45, 2.75) is 26.1 Å². The molecule has 4 nitrogen and oxygen atoms in total. The van der Waals surface area contributed by atoms with Crippen molar-refractivity contribution in [3.8, 4) is 0 Å². The highest BCUT2D eigenvalue weighted by Gasteiger charge is 2.12. The van der Waals surface area contributed by atoms with Gasteiger partial charge in [0.2, 0.25) is 5.91 Å². The van der Waals surface area contributed by atoms with E-state index < -0.39 is 0 Å². The van der Waals surface area contributed by atoms with Gasteiger partial charge in [-0.3, -0.25) is 4.79 Å². The fourth-order valence-electron chi connectivity index (χ4n) is 1.53. The van der Waals surface area contributed by atoms with Gasteiger partial charge in [-0.2, -0.15) is 0 Å². The molecule has 2 aromatic heterocycles. The van der Waals surface area contributed by atoms with Crippen LogP contribution in [0.5, 0.6) is 0 Å². The molecule has 1 atom stereocenters. The lowest BCUT2D eigenvalue weighted by molar-refractivity contribution is -0.123. The van der Waals surface area contributed by atoms with E-state index in [1.54, 1.807) is 23.7 Å². The Hall–Kier alpha value is -1.11. The smallest absolute Gasteiger partial charge is 0.237 e. The van der Waals surface area contributed by atoms with E-state index in [4.69, 9.17) is 4.42 Å². The summed E-state index contributed by atoms with van der Waals surface area (Å²) in [6.07, 6.45) is 1.60. The number of amides is 1. The molecule has 2 aromatic rings. The molecule has 1 amide bonds. The summed E-state index contributed by atoms with van der Waals surface area (Å²) >= 11 is 5.08. The number of furan rings is 1. The number of nitrogens with one attached hydrogen (secondary N) is 2. The first-order chi connectivity index (χ1) is 9.15. The summed E-state index contributed by atoms with van der Waals surface area (Å²) in [6.45, 7) is 2.95. The molecule has 0 aromatic carbocycles. The molecule has 0 saturated heterocycles. The van der Waals surface area contributed by atoms with Crippen molar-refractivity contribution < 1.29 is 9.21 Å². The van der Waals surface area contributed by atoms with Gasteiger partial charge < -0.3 is 15.1 Å². The van der Waals surface area contributed by atoms with Gasteiger partial charge in [0, 0.05) is 11.4 Å². The molecule has 1 unspecified atom stereocenters. The van der Waals surface area contributed by atoms with Gasteiger partial charge in [0.1, 0.15) is 5.76 Å². The maximum absolute atomic E-state index is 11.8. The molecule has 0 radical (unpaired) electrons. The highest BCUT2D eigenvalue weighted by molar-refractivity contribution is 9.11. The third-order valence-corrected chi connectivity index (χ3v) is 4.25. The number of hydrogen-bond donors (Lipinski definition) is 2. The second-order valence-electron chi connectivity index (χ2n) is 4.11. The van der Waals surface area contributed by atoms with E-state index in [-0.39, 0.29) is 11.9 Å². The fraction of sp³-hybridized carbons (Fsp3) is 0.308. The summed E-state index contributed by atoms with van der Waals surface area (Å²) in [7, 11) is 0. The molecule has 6 heteroatoms. The van der Waals surface area contributed by atoms with Crippen molar-refractivity contribution in [1.29, 1.82) is 0 Å². The van der Waals surface area contributed by atoms with Crippen molar-refractivity contribution in [3.05, 3.63) is 45.0 Å². The maximum atomic E-state index is 11.8. The summed E-state index contributed by atoms with van der Waals surface area (Å²) in [5, 5.41) is 6.01. The van der Waals surface area contributed by atoms with E-state index in [1.165, 1.54) is 4.88 Å². The molecule has 19 heavy (non-hydrogen) atoms. The van der Waals surface area contributed by atoms with E-state index in [2.05, 4.69) is 26.6 Å². The van der Waals surface area contributed by atoms with Crippen LogP contribution in [0.25, 0.3) is 0 Å². The Labute approximate surface area is 124 Å². The minimum Gasteiger partial charge on any atom is -0.467 e. The van der Waals surface area contributed by atoms with Crippen LogP contribution < -0.4 is 10.6 Å². The van der Waals surface area contributed by atoms with Crippen molar-refractivity contribution in [1.82, 2.24) is 10.6 Å². The summed E-state index contributed by atoms with van der Waals surface area (Å²) in [5.74, 6) is 0.717. The second-order valence-corrected chi connectivity index (χ2v) is 6.65. The molecule has 0 bridgehead atoms. The molecule has 2 heterocycles. The van der Waals surface area contributed by atoms with Gasteiger partial charge >= 0.3 is 0 Å². The number of thiophene rings is 1. The quantitative estimate of drug-likeness (QED) is 0.848. The van der Waals surface area contributed by atoms with E-state index in [0.717, 1.165) is 9.55 Å². The standard InChI is InChI=1S/C13H15BrN2O2S/c1-9(15-8-11-4-5-12(14)19-11)13(17)16-7-10-3-2-6-18-10/h2-6,9,15H,7-8H2,1H3,(H,16,17). The first-order valence-corrected chi connectivity index (χ1v) is 7.54. The molecular formula is C13H15BrN2O2S. The molecule has 0 aliphatic heterocycles. The maximum Gasteiger partial charge on any atom is 0.237 e. The topological polar surface area (TPSA) is 54.3 Å². The van der Waals surface area contributed by atoms with E-state index in [0.29, 0.717) is 13.1 Å². The zero-order valence-electron chi connectivity index (χ0n) is 10.5. The minimum atomic E-state index is -0.240. The molecule has 2 rings (SSSR count). The average molecular weight is 343 g/mol. The van der Waals surface area contributed by atoms with Crippen LogP contribution in [0.3, 0.4) is 0 Å². The van der Waals surface area contributed by atoms with Gasteiger partial charge in [-0.05, 0) is 47.1 Å². The summed E-state index contributed by atoms with van der Waals surface area (Å²) in [4.78, 5) is 13.0.